The van der Waals surface area contributed by atoms with Crippen LogP contribution >= 0.6 is 11.3 Å². The molecule has 2 heterocycles. The Kier molecular flexibility index (Phi) is 5.00. The van der Waals surface area contributed by atoms with Gasteiger partial charge in [0.15, 0.2) is 0 Å². The molecule has 2 fully saturated rings. The number of benzene rings is 2. The van der Waals surface area contributed by atoms with Gasteiger partial charge in [0.05, 0.1) is 12.6 Å². The molecule has 1 saturated carbocycles. The van der Waals surface area contributed by atoms with Crippen molar-refractivity contribution in [2.24, 2.45) is 0 Å². The lowest BCUT2D eigenvalue weighted by molar-refractivity contribution is -0.120. The maximum absolute atomic E-state index is 14.6. The quantitative estimate of drug-likeness (QED) is 0.546. The summed E-state index contributed by atoms with van der Waals surface area (Å²) in [5.41, 5.74) is 0.248. The Morgan fingerprint density at radius 1 is 1.19 bits per heavy atom. The van der Waals surface area contributed by atoms with Crippen LogP contribution in [-0.2, 0) is 10.3 Å². The molecule has 3 aromatic rings. The Morgan fingerprint density at radius 3 is 2.62 bits per heavy atom. The van der Waals surface area contributed by atoms with Crippen LogP contribution < -0.4 is 20.7 Å². The van der Waals surface area contributed by atoms with E-state index in [1.54, 1.807) is 11.3 Å². The number of halogens is 2. The fraction of sp³-hybridized carbons (Fsp3) is 0.304. The Balaban J connectivity index is 1.34. The van der Waals surface area contributed by atoms with Crippen molar-refractivity contribution in [2.75, 3.05) is 13.7 Å². The number of fused-ring (bicyclic) bond motifs is 1. The SMILES string of the molecule is COc1cc(F)c([C@@H]2CNC(=O)[C@H]2NC(=O)NC2(c3ccc4sccc4c3)CC2)c(F)c1. The average molecular weight is 458 g/mol. The number of ether oxygens (including phenoxy) is 1. The summed E-state index contributed by atoms with van der Waals surface area (Å²) < 4.78 is 35.3. The summed E-state index contributed by atoms with van der Waals surface area (Å²) in [7, 11) is 1.31. The van der Waals surface area contributed by atoms with Crippen LogP contribution in [0.4, 0.5) is 13.6 Å². The van der Waals surface area contributed by atoms with Gasteiger partial charge in [0.25, 0.3) is 0 Å². The number of urea groups is 1. The number of thiophene rings is 1. The number of carbonyl (C=O) groups excluding carboxylic acids is 2. The first-order chi connectivity index (χ1) is 15.4. The highest BCUT2D eigenvalue weighted by Gasteiger charge is 2.47. The monoisotopic (exact) mass is 457 g/mol. The molecule has 1 aliphatic heterocycles. The fourth-order valence-corrected chi connectivity index (χ4v) is 5.13. The van der Waals surface area contributed by atoms with Gasteiger partial charge in [-0.3, -0.25) is 4.79 Å². The molecule has 2 aliphatic rings. The Morgan fingerprint density at radius 2 is 1.94 bits per heavy atom. The molecule has 1 aliphatic carbocycles. The highest BCUT2D eigenvalue weighted by atomic mass is 32.1. The van der Waals surface area contributed by atoms with Crippen LogP contribution in [0.1, 0.15) is 29.9 Å². The first-order valence-corrected chi connectivity index (χ1v) is 11.2. The number of hydrogen-bond donors (Lipinski definition) is 3. The van der Waals surface area contributed by atoms with Crippen molar-refractivity contribution in [1.29, 1.82) is 0 Å². The van der Waals surface area contributed by atoms with Crippen LogP contribution in [0.3, 0.4) is 0 Å². The maximum Gasteiger partial charge on any atom is 0.316 e. The summed E-state index contributed by atoms with van der Waals surface area (Å²) in [4.78, 5) is 25.2. The second kappa shape index (κ2) is 7.74. The van der Waals surface area contributed by atoms with Crippen molar-refractivity contribution in [2.45, 2.75) is 30.3 Å². The molecule has 166 valence electrons. The third-order valence-electron chi connectivity index (χ3n) is 6.23. The van der Waals surface area contributed by atoms with Gasteiger partial charge < -0.3 is 20.7 Å². The summed E-state index contributed by atoms with van der Waals surface area (Å²) in [6, 6.07) is 8.62. The van der Waals surface area contributed by atoms with Gasteiger partial charge in [-0.25, -0.2) is 13.6 Å². The summed E-state index contributed by atoms with van der Waals surface area (Å²) in [5, 5.41) is 11.3. The van der Waals surface area contributed by atoms with E-state index in [0.29, 0.717) is 0 Å². The molecule has 32 heavy (non-hydrogen) atoms. The highest BCUT2D eigenvalue weighted by Crippen LogP contribution is 2.46. The van der Waals surface area contributed by atoms with Crippen molar-refractivity contribution in [1.82, 2.24) is 16.0 Å². The molecule has 3 N–H and O–H groups in total. The average Bonchev–Trinajstić information content (AvgIpc) is 3.24. The van der Waals surface area contributed by atoms with E-state index in [4.69, 9.17) is 4.74 Å². The van der Waals surface area contributed by atoms with Gasteiger partial charge in [0.1, 0.15) is 23.4 Å². The molecule has 1 aromatic heterocycles. The molecule has 2 aromatic carbocycles. The summed E-state index contributed by atoms with van der Waals surface area (Å²) >= 11 is 1.65. The van der Waals surface area contributed by atoms with Crippen LogP contribution in [0.5, 0.6) is 5.75 Å². The molecule has 2 atom stereocenters. The lowest BCUT2D eigenvalue weighted by atomic mass is 9.92. The lowest BCUT2D eigenvalue weighted by Crippen LogP contribution is -2.50. The van der Waals surface area contributed by atoms with Crippen LogP contribution in [0.15, 0.2) is 41.8 Å². The lowest BCUT2D eigenvalue weighted by Gasteiger charge is -2.23. The van der Waals surface area contributed by atoms with Gasteiger partial charge in [-0.15, -0.1) is 11.3 Å². The van der Waals surface area contributed by atoms with Crippen molar-refractivity contribution in [3.8, 4) is 5.75 Å². The molecule has 6 nitrogen and oxygen atoms in total. The van der Waals surface area contributed by atoms with Crippen molar-refractivity contribution >= 4 is 33.4 Å². The smallest absolute Gasteiger partial charge is 0.316 e. The predicted octanol–water partition coefficient (Wildman–Crippen LogP) is 3.76. The maximum atomic E-state index is 14.6. The topological polar surface area (TPSA) is 79.5 Å². The van der Waals surface area contributed by atoms with E-state index in [0.717, 1.165) is 35.9 Å². The minimum Gasteiger partial charge on any atom is -0.497 e. The van der Waals surface area contributed by atoms with E-state index in [-0.39, 0.29) is 17.9 Å². The fourth-order valence-electron chi connectivity index (χ4n) is 4.36. The van der Waals surface area contributed by atoms with Gasteiger partial charge in [-0.1, -0.05) is 6.07 Å². The number of carbonyl (C=O) groups is 2. The normalized spacial score (nSPS) is 21.3. The number of methoxy groups -OCH3 is 1. The largest absolute Gasteiger partial charge is 0.497 e. The molecule has 5 rings (SSSR count). The van der Waals surface area contributed by atoms with Gasteiger partial charge >= 0.3 is 6.03 Å². The molecule has 9 heteroatoms. The molecule has 0 bridgehead atoms. The molecular formula is C23H21F2N3O3S. The zero-order chi connectivity index (χ0) is 22.5. The first kappa shape index (κ1) is 20.7. The molecule has 0 unspecified atom stereocenters. The third-order valence-corrected chi connectivity index (χ3v) is 7.13. The zero-order valence-corrected chi connectivity index (χ0v) is 18.0. The van der Waals surface area contributed by atoms with Gasteiger partial charge in [-0.2, -0.15) is 0 Å². The molecule has 3 amide bonds. The Bertz CT molecular complexity index is 1200. The van der Waals surface area contributed by atoms with Crippen molar-refractivity contribution in [3.63, 3.8) is 0 Å². The number of nitrogens with one attached hydrogen (secondary N) is 3. The Hall–Kier alpha value is -3.20. The van der Waals surface area contributed by atoms with Gasteiger partial charge in [0, 0.05) is 34.9 Å². The van der Waals surface area contributed by atoms with Crippen LogP contribution in [0.2, 0.25) is 0 Å². The summed E-state index contributed by atoms with van der Waals surface area (Å²) in [6.45, 7) is 0.0178. The van der Waals surface area contributed by atoms with E-state index in [1.165, 1.54) is 11.8 Å². The van der Waals surface area contributed by atoms with E-state index < -0.39 is 41.1 Å². The predicted molar refractivity (Wildman–Crippen MR) is 117 cm³/mol. The van der Waals surface area contributed by atoms with E-state index in [9.17, 15) is 18.4 Å². The van der Waals surface area contributed by atoms with Crippen LogP contribution in [0.25, 0.3) is 10.1 Å². The molecule has 0 radical (unpaired) electrons. The summed E-state index contributed by atoms with van der Waals surface area (Å²) in [5.74, 6) is -2.96. The van der Waals surface area contributed by atoms with Crippen molar-refractivity contribution < 1.29 is 23.1 Å². The van der Waals surface area contributed by atoms with Gasteiger partial charge in [-0.05, 0) is 47.4 Å². The second-order valence-corrected chi connectivity index (χ2v) is 9.14. The third kappa shape index (κ3) is 3.56. The zero-order valence-electron chi connectivity index (χ0n) is 17.2. The molecule has 1 saturated heterocycles. The standard InChI is InChI=1S/C23H21F2N3O3S/c1-31-14-9-16(24)19(17(25)10-14)15-11-26-21(29)20(15)27-22(30)28-23(5-6-23)13-2-3-18-12(8-13)4-7-32-18/h2-4,7-10,15,20H,5-6,11H2,1H3,(H,26,29)(H2,27,28,30)/t15-,20-/m0/s1. The minimum absolute atomic E-state index is 0.0178. The van der Waals surface area contributed by atoms with Gasteiger partial charge in [0.2, 0.25) is 5.91 Å². The second-order valence-electron chi connectivity index (χ2n) is 8.19. The number of amides is 3. The van der Waals surface area contributed by atoms with E-state index >= 15 is 0 Å². The number of hydrogen-bond acceptors (Lipinski definition) is 4. The van der Waals surface area contributed by atoms with Crippen LogP contribution in [0, 0.1) is 11.6 Å². The van der Waals surface area contributed by atoms with E-state index in [2.05, 4.69) is 22.0 Å². The van der Waals surface area contributed by atoms with Crippen molar-refractivity contribution in [3.05, 3.63) is 64.5 Å². The van der Waals surface area contributed by atoms with Crippen LogP contribution in [-0.4, -0.2) is 31.6 Å². The first-order valence-electron chi connectivity index (χ1n) is 10.3. The summed E-state index contributed by atoms with van der Waals surface area (Å²) in [6.07, 6.45) is 1.55. The van der Waals surface area contributed by atoms with E-state index in [1.807, 2.05) is 23.6 Å². The highest BCUT2D eigenvalue weighted by molar-refractivity contribution is 7.17. The Labute approximate surface area is 187 Å². The number of rotatable bonds is 5. The molecule has 0 spiro atoms. The molecular weight excluding hydrogens is 436 g/mol. The minimum atomic E-state index is -1.09.